The van der Waals surface area contributed by atoms with Crippen LogP contribution in [0.5, 0.6) is 0 Å². The Morgan fingerprint density at radius 1 is 0.917 bits per heavy atom. The van der Waals surface area contributed by atoms with Gasteiger partial charge in [-0.1, -0.05) is 13.8 Å². The smallest absolute Gasteiger partial charge is 0.431 e. The van der Waals surface area contributed by atoms with Gasteiger partial charge in [-0.3, -0.25) is 4.84 Å². The number of carbonyl (C=O) groups is 1. The Labute approximate surface area is 144 Å². The zero-order valence-electron chi connectivity index (χ0n) is 15.4. The van der Waals surface area contributed by atoms with Crippen molar-refractivity contribution in [1.29, 1.82) is 0 Å². The Bertz CT molecular complexity index is 309. The van der Waals surface area contributed by atoms with Gasteiger partial charge in [-0.2, -0.15) is 5.48 Å². The lowest BCUT2D eigenvalue weighted by Crippen LogP contribution is -2.33. The maximum absolute atomic E-state index is 11.2. The Morgan fingerprint density at radius 2 is 1.46 bits per heavy atom. The number of rotatable bonds is 14. The summed E-state index contributed by atoms with van der Waals surface area (Å²) in [6.45, 7) is 12.5. The SMILES string of the molecule is CC(C)CNCCOOCCOOCCONC(=O)OC(C)(C)C. The summed E-state index contributed by atoms with van der Waals surface area (Å²) in [5.41, 5.74) is 1.56. The van der Waals surface area contributed by atoms with Crippen LogP contribution >= 0.6 is 0 Å². The molecular weight excluding hydrogens is 320 g/mol. The number of hydrogen-bond acceptors (Lipinski definition) is 8. The molecule has 0 fully saturated rings. The van der Waals surface area contributed by atoms with E-state index in [0.29, 0.717) is 12.5 Å². The van der Waals surface area contributed by atoms with Crippen LogP contribution < -0.4 is 10.8 Å². The number of hydrogen-bond donors (Lipinski definition) is 2. The van der Waals surface area contributed by atoms with Gasteiger partial charge in [0.25, 0.3) is 0 Å². The van der Waals surface area contributed by atoms with Gasteiger partial charge in [-0.25, -0.2) is 24.3 Å². The van der Waals surface area contributed by atoms with E-state index < -0.39 is 11.7 Å². The number of amides is 1. The number of ether oxygens (including phenoxy) is 1. The minimum atomic E-state index is -0.656. The average Bonchev–Trinajstić information content (AvgIpc) is 2.45. The molecule has 0 atom stereocenters. The molecule has 1 amide bonds. The monoisotopic (exact) mass is 352 g/mol. The fourth-order valence-corrected chi connectivity index (χ4v) is 1.29. The van der Waals surface area contributed by atoms with Crippen molar-refractivity contribution >= 4 is 6.09 Å². The van der Waals surface area contributed by atoms with E-state index in [4.69, 9.17) is 29.1 Å². The summed E-state index contributed by atoms with van der Waals surface area (Å²) < 4.78 is 4.97. The summed E-state index contributed by atoms with van der Waals surface area (Å²) in [5.74, 6) is 0.611. The molecule has 0 spiro atoms. The van der Waals surface area contributed by atoms with E-state index >= 15 is 0 Å². The predicted molar refractivity (Wildman–Crippen MR) is 86.8 cm³/mol. The van der Waals surface area contributed by atoms with Crippen LogP contribution in [0.15, 0.2) is 0 Å². The van der Waals surface area contributed by atoms with Gasteiger partial charge in [-0.05, 0) is 33.2 Å². The van der Waals surface area contributed by atoms with Crippen molar-refractivity contribution in [1.82, 2.24) is 10.8 Å². The first-order valence-electron chi connectivity index (χ1n) is 8.11. The summed E-state index contributed by atoms with van der Waals surface area (Å²) in [5, 5.41) is 3.22. The van der Waals surface area contributed by atoms with Crippen LogP contribution in [-0.4, -0.2) is 57.8 Å². The Morgan fingerprint density at radius 3 is 2.00 bits per heavy atom. The molecule has 9 heteroatoms. The maximum atomic E-state index is 11.2. The van der Waals surface area contributed by atoms with E-state index in [1.165, 1.54) is 0 Å². The topological polar surface area (TPSA) is 96.5 Å². The molecule has 0 aliphatic carbocycles. The number of carbonyl (C=O) groups excluding carboxylic acids is 1. The standard InChI is InChI=1S/C15H32N2O7/c1-13(2)12-16-6-7-20-22-10-11-23-21-9-8-19-17-14(18)24-15(3,4)5/h13,16H,6-12H2,1-5H3,(H,17,18). The highest BCUT2D eigenvalue weighted by Gasteiger charge is 2.15. The van der Waals surface area contributed by atoms with Crippen LogP contribution in [0, 0.1) is 5.92 Å². The third-order valence-electron chi connectivity index (χ3n) is 2.15. The van der Waals surface area contributed by atoms with Gasteiger partial charge >= 0.3 is 6.09 Å². The molecule has 2 N–H and O–H groups in total. The summed E-state index contributed by atoms with van der Waals surface area (Å²) >= 11 is 0. The van der Waals surface area contributed by atoms with E-state index in [-0.39, 0.29) is 26.4 Å². The second-order valence-corrected chi connectivity index (χ2v) is 6.34. The molecule has 0 aliphatic rings. The fraction of sp³-hybridized carbons (Fsp3) is 0.933. The molecule has 24 heavy (non-hydrogen) atoms. The van der Waals surface area contributed by atoms with Crippen molar-refractivity contribution in [3.8, 4) is 0 Å². The lowest BCUT2D eigenvalue weighted by molar-refractivity contribution is -0.342. The van der Waals surface area contributed by atoms with Gasteiger partial charge < -0.3 is 10.1 Å². The van der Waals surface area contributed by atoms with Crippen molar-refractivity contribution in [3.63, 3.8) is 0 Å². The average molecular weight is 352 g/mol. The van der Waals surface area contributed by atoms with Gasteiger partial charge in [0, 0.05) is 6.54 Å². The van der Waals surface area contributed by atoms with E-state index in [0.717, 1.165) is 13.1 Å². The summed E-state index contributed by atoms with van der Waals surface area (Å²) in [4.78, 5) is 35.6. The highest BCUT2D eigenvalue weighted by Crippen LogP contribution is 2.06. The molecule has 0 bridgehead atoms. The molecule has 0 aromatic heterocycles. The Kier molecular flexibility index (Phi) is 13.8. The molecule has 0 unspecified atom stereocenters. The molecule has 144 valence electrons. The Balaban J connectivity index is 3.17. The molecule has 0 radical (unpaired) electrons. The lowest BCUT2D eigenvalue weighted by Gasteiger charge is -2.19. The van der Waals surface area contributed by atoms with E-state index in [9.17, 15) is 4.79 Å². The minimum absolute atomic E-state index is 0.123. The Hall–Kier alpha value is -0.970. The first-order valence-corrected chi connectivity index (χ1v) is 8.11. The van der Waals surface area contributed by atoms with Crippen molar-refractivity contribution in [2.75, 3.05) is 46.1 Å². The molecule has 0 aromatic carbocycles. The lowest BCUT2D eigenvalue weighted by atomic mass is 10.2. The highest BCUT2D eigenvalue weighted by molar-refractivity contribution is 5.66. The molecule has 0 aliphatic heterocycles. The predicted octanol–water partition coefficient (Wildman–Crippen LogP) is 1.58. The molecule has 9 nitrogen and oxygen atoms in total. The third-order valence-corrected chi connectivity index (χ3v) is 2.15. The van der Waals surface area contributed by atoms with Crippen LogP contribution in [0.3, 0.4) is 0 Å². The van der Waals surface area contributed by atoms with Gasteiger partial charge in [0.1, 0.15) is 32.0 Å². The van der Waals surface area contributed by atoms with Crippen molar-refractivity contribution in [2.24, 2.45) is 5.92 Å². The summed E-state index contributed by atoms with van der Waals surface area (Å²) in [7, 11) is 0. The zero-order valence-corrected chi connectivity index (χ0v) is 15.4. The maximum Gasteiger partial charge on any atom is 0.431 e. The third kappa shape index (κ3) is 19.1. The van der Waals surface area contributed by atoms with Crippen molar-refractivity contribution in [2.45, 2.75) is 40.2 Å². The van der Waals surface area contributed by atoms with Crippen LogP contribution in [0.1, 0.15) is 34.6 Å². The first kappa shape index (κ1) is 23.0. The molecule has 0 heterocycles. The molecule has 0 rings (SSSR count). The van der Waals surface area contributed by atoms with Gasteiger partial charge in [0.2, 0.25) is 0 Å². The molecule has 0 saturated carbocycles. The van der Waals surface area contributed by atoms with Crippen molar-refractivity contribution in [3.05, 3.63) is 0 Å². The summed E-state index contributed by atoms with van der Waals surface area (Å²) in [6.07, 6.45) is -0.656. The van der Waals surface area contributed by atoms with Crippen LogP contribution in [-0.2, 0) is 29.1 Å². The molecular formula is C15H32N2O7. The highest BCUT2D eigenvalue weighted by atomic mass is 17.2. The number of hydroxylamine groups is 1. The largest absolute Gasteiger partial charge is 0.442 e. The van der Waals surface area contributed by atoms with Crippen molar-refractivity contribution < 1.29 is 33.9 Å². The molecule has 0 aromatic rings. The van der Waals surface area contributed by atoms with E-state index in [2.05, 4.69) is 24.6 Å². The zero-order chi connectivity index (χ0) is 18.3. The van der Waals surface area contributed by atoms with Gasteiger partial charge in [0.15, 0.2) is 0 Å². The second kappa shape index (κ2) is 14.4. The van der Waals surface area contributed by atoms with Gasteiger partial charge in [0.05, 0.1) is 6.61 Å². The normalized spacial score (nSPS) is 11.8. The first-order chi connectivity index (χ1) is 11.3. The fourth-order valence-electron chi connectivity index (χ4n) is 1.29. The number of nitrogens with one attached hydrogen (secondary N) is 2. The second-order valence-electron chi connectivity index (χ2n) is 6.34. The van der Waals surface area contributed by atoms with Crippen LogP contribution in [0.4, 0.5) is 4.79 Å². The van der Waals surface area contributed by atoms with E-state index in [1.807, 2.05) is 0 Å². The van der Waals surface area contributed by atoms with E-state index in [1.54, 1.807) is 20.8 Å². The van der Waals surface area contributed by atoms with Crippen LogP contribution in [0.2, 0.25) is 0 Å². The molecule has 0 saturated heterocycles. The van der Waals surface area contributed by atoms with Gasteiger partial charge in [-0.15, -0.1) is 0 Å². The van der Waals surface area contributed by atoms with Crippen LogP contribution in [0.25, 0.3) is 0 Å². The summed E-state index contributed by atoms with van der Waals surface area (Å²) in [6, 6.07) is 0. The minimum Gasteiger partial charge on any atom is -0.442 e. The quantitative estimate of drug-likeness (QED) is 0.276.